The topological polar surface area (TPSA) is 148 Å². The molecule has 11 nitrogen and oxygen atoms in total. The van der Waals surface area contributed by atoms with Crippen LogP contribution in [0.4, 0.5) is 5.95 Å². The van der Waals surface area contributed by atoms with Crippen LogP contribution in [0.3, 0.4) is 0 Å². The summed E-state index contributed by atoms with van der Waals surface area (Å²) in [5.41, 5.74) is 1.49. The maximum absolute atomic E-state index is 12.9. The van der Waals surface area contributed by atoms with Crippen molar-refractivity contribution in [1.82, 2.24) is 25.6 Å². The Balaban J connectivity index is 1.81. The van der Waals surface area contributed by atoms with E-state index in [1.54, 1.807) is 67.6 Å². The fourth-order valence-corrected chi connectivity index (χ4v) is 2.63. The number of hydrogen-bond donors (Lipinski definition) is 2. The molecule has 2 N–H and O–H groups in total. The number of hydrazone groups is 1. The molecule has 0 atom stereocenters. The summed E-state index contributed by atoms with van der Waals surface area (Å²) >= 11 is 0. The van der Waals surface area contributed by atoms with Gasteiger partial charge in [0.25, 0.3) is 5.91 Å². The largest absolute Gasteiger partial charge is 0.514 e. The molecule has 0 aliphatic heterocycles. The third-order valence-electron chi connectivity index (χ3n) is 4.04. The number of rotatable bonds is 7. The van der Waals surface area contributed by atoms with Crippen LogP contribution in [0, 0.1) is 10.1 Å². The Morgan fingerprint density at radius 1 is 1.17 bits per heavy atom. The van der Waals surface area contributed by atoms with Gasteiger partial charge in [0.15, 0.2) is 5.60 Å². The summed E-state index contributed by atoms with van der Waals surface area (Å²) < 4.78 is 0. The molecule has 0 spiro atoms. The molecular formula is C18H17N7O4. The molecule has 148 valence electrons. The maximum atomic E-state index is 12.9. The molecule has 11 heteroatoms. The van der Waals surface area contributed by atoms with Crippen molar-refractivity contribution < 1.29 is 14.8 Å². The minimum absolute atomic E-state index is 0.0315. The molecule has 0 saturated carbocycles. The zero-order valence-electron chi connectivity index (χ0n) is 15.3. The number of carbonyl (C=O) groups excluding carboxylic acids is 1. The lowest BCUT2D eigenvalue weighted by Gasteiger charge is -2.27. The van der Waals surface area contributed by atoms with Crippen LogP contribution in [0.2, 0.25) is 0 Å². The third kappa shape index (κ3) is 4.30. The maximum Gasteiger partial charge on any atom is 0.514 e. The van der Waals surface area contributed by atoms with Crippen LogP contribution >= 0.6 is 0 Å². The van der Waals surface area contributed by atoms with Crippen molar-refractivity contribution in [3.05, 3.63) is 81.9 Å². The van der Waals surface area contributed by atoms with E-state index in [0.717, 1.165) is 4.80 Å². The van der Waals surface area contributed by atoms with Gasteiger partial charge in [-0.2, -0.15) is 5.10 Å². The predicted molar refractivity (Wildman–Crippen MR) is 102 cm³/mol. The minimum Gasteiger partial charge on any atom is -0.390 e. The predicted octanol–water partition coefficient (Wildman–Crippen LogP) is 1.01. The quantitative estimate of drug-likeness (QED) is 0.344. The first-order valence-electron chi connectivity index (χ1n) is 8.50. The number of aliphatic hydroxyl groups is 1. The SMILES string of the molecule is CC(Cn1nnc([N+](=O)[O-])n1)=NNC(=O)C(O)(c1ccccc1)c1ccccc1. The number of nitro groups is 1. The zero-order valence-corrected chi connectivity index (χ0v) is 15.3. The monoisotopic (exact) mass is 395 g/mol. The first-order chi connectivity index (χ1) is 13.9. The van der Waals surface area contributed by atoms with E-state index in [0.29, 0.717) is 16.8 Å². The normalized spacial score (nSPS) is 11.9. The Morgan fingerprint density at radius 2 is 1.72 bits per heavy atom. The summed E-state index contributed by atoms with van der Waals surface area (Å²) in [6.45, 7) is 1.54. The highest BCUT2D eigenvalue weighted by molar-refractivity contribution is 5.91. The smallest absolute Gasteiger partial charge is 0.390 e. The van der Waals surface area contributed by atoms with Crippen LogP contribution in [0.1, 0.15) is 18.1 Å². The number of amides is 1. The van der Waals surface area contributed by atoms with Crippen molar-refractivity contribution in [2.24, 2.45) is 5.10 Å². The molecule has 0 aliphatic rings. The Labute approximate surface area is 164 Å². The highest BCUT2D eigenvalue weighted by Crippen LogP contribution is 2.29. The Kier molecular flexibility index (Phi) is 5.69. The van der Waals surface area contributed by atoms with Crippen LogP contribution in [-0.2, 0) is 16.9 Å². The van der Waals surface area contributed by atoms with E-state index in [-0.39, 0.29) is 6.54 Å². The highest BCUT2D eigenvalue weighted by Gasteiger charge is 2.39. The molecule has 2 aromatic carbocycles. The van der Waals surface area contributed by atoms with Crippen molar-refractivity contribution in [2.75, 3.05) is 0 Å². The van der Waals surface area contributed by atoms with Gasteiger partial charge < -0.3 is 15.2 Å². The number of aromatic nitrogens is 4. The molecule has 0 bridgehead atoms. The van der Waals surface area contributed by atoms with Crippen LogP contribution in [0.25, 0.3) is 0 Å². The third-order valence-corrected chi connectivity index (χ3v) is 4.04. The average Bonchev–Trinajstić information content (AvgIpc) is 3.21. The molecule has 1 aromatic heterocycles. The lowest BCUT2D eigenvalue weighted by atomic mass is 9.85. The molecule has 1 heterocycles. The highest BCUT2D eigenvalue weighted by atomic mass is 16.6. The Bertz CT molecular complexity index is 995. The van der Waals surface area contributed by atoms with Gasteiger partial charge in [-0.3, -0.25) is 4.79 Å². The molecule has 3 rings (SSSR count). The van der Waals surface area contributed by atoms with Gasteiger partial charge in [0, 0.05) is 5.21 Å². The number of hydrogen-bond acceptors (Lipinski definition) is 8. The number of benzene rings is 2. The molecule has 0 fully saturated rings. The summed E-state index contributed by atoms with van der Waals surface area (Å²) in [5, 5.41) is 36.2. The van der Waals surface area contributed by atoms with Crippen molar-refractivity contribution in [2.45, 2.75) is 19.1 Å². The number of carbonyl (C=O) groups is 1. The first-order valence-corrected chi connectivity index (χ1v) is 8.50. The van der Waals surface area contributed by atoms with Crippen LogP contribution in [0.15, 0.2) is 65.8 Å². The summed E-state index contributed by atoms with van der Waals surface area (Å²) in [6.07, 6.45) is 0. The summed E-state index contributed by atoms with van der Waals surface area (Å²) in [5.74, 6) is -1.39. The molecule has 3 aromatic rings. The number of nitrogens with zero attached hydrogens (tertiary/aromatic N) is 6. The second kappa shape index (κ2) is 8.35. The number of nitrogens with one attached hydrogen (secondary N) is 1. The van der Waals surface area contributed by atoms with E-state index >= 15 is 0 Å². The van der Waals surface area contributed by atoms with E-state index in [4.69, 9.17) is 0 Å². The van der Waals surface area contributed by atoms with Crippen molar-refractivity contribution >= 4 is 17.6 Å². The van der Waals surface area contributed by atoms with E-state index in [9.17, 15) is 20.0 Å². The fourth-order valence-electron chi connectivity index (χ4n) is 2.63. The van der Waals surface area contributed by atoms with Gasteiger partial charge in [-0.25, -0.2) is 5.43 Å². The van der Waals surface area contributed by atoms with Gasteiger partial charge in [-0.05, 0) is 23.0 Å². The second-order valence-electron chi connectivity index (χ2n) is 6.11. The van der Waals surface area contributed by atoms with Gasteiger partial charge in [0.1, 0.15) is 6.54 Å². The number of tetrazole rings is 1. The molecule has 0 aliphatic carbocycles. The standard InChI is InChI=1S/C18H17N7O4/c1-13(12-24-22-17(21-23-24)25(28)29)19-20-16(26)18(27,14-8-4-2-5-9-14)15-10-6-3-7-11-15/h2-11,27H,12H2,1H3,(H,20,26). The lowest BCUT2D eigenvalue weighted by molar-refractivity contribution is -0.394. The van der Waals surface area contributed by atoms with Gasteiger partial charge in [-0.1, -0.05) is 65.5 Å². The molecule has 29 heavy (non-hydrogen) atoms. The van der Waals surface area contributed by atoms with Gasteiger partial charge in [0.2, 0.25) is 0 Å². The van der Waals surface area contributed by atoms with Crippen molar-refractivity contribution in [3.63, 3.8) is 0 Å². The zero-order chi connectivity index (χ0) is 20.9. The Morgan fingerprint density at radius 3 is 2.21 bits per heavy atom. The van der Waals surface area contributed by atoms with Gasteiger partial charge >= 0.3 is 5.95 Å². The van der Waals surface area contributed by atoms with E-state index < -0.39 is 22.4 Å². The first kappa shape index (κ1) is 19.8. The molecule has 1 amide bonds. The van der Waals surface area contributed by atoms with Gasteiger partial charge in [0.05, 0.1) is 15.9 Å². The summed E-state index contributed by atoms with van der Waals surface area (Å²) in [7, 11) is 0. The van der Waals surface area contributed by atoms with Crippen molar-refractivity contribution in [1.29, 1.82) is 0 Å². The molecule has 0 radical (unpaired) electrons. The van der Waals surface area contributed by atoms with Crippen molar-refractivity contribution in [3.8, 4) is 0 Å². The van der Waals surface area contributed by atoms with E-state index in [1.165, 1.54) is 0 Å². The molecule has 0 unspecified atom stereocenters. The van der Waals surface area contributed by atoms with E-state index in [2.05, 4.69) is 25.9 Å². The van der Waals surface area contributed by atoms with E-state index in [1.807, 2.05) is 0 Å². The fraction of sp³-hybridized carbons (Fsp3) is 0.167. The van der Waals surface area contributed by atoms with Crippen LogP contribution < -0.4 is 5.43 Å². The lowest BCUT2D eigenvalue weighted by Crippen LogP contribution is -2.44. The molecular weight excluding hydrogens is 378 g/mol. The minimum atomic E-state index is -1.96. The summed E-state index contributed by atoms with van der Waals surface area (Å²) in [6, 6.07) is 17.0. The van der Waals surface area contributed by atoms with Crippen LogP contribution in [0.5, 0.6) is 0 Å². The van der Waals surface area contributed by atoms with Gasteiger partial charge in [-0.15, -0.1) is 0 Å². The second-order valence-corrected chi connectivity index (χ2v) is 6.11. The van der Waals surface area contributed by atoms with Crippen LogP contribution in [-0.4, -0.2) is 41.9 Å². The Hall–Kier alpha value is -3.99. The summed E-state index contributed by atoms with van der Waals surface area (Å²) in [4.78, 5) is 23.7. The average molecular weight is 395 g/mol. The molecule has 0 saturated heterocycles.